The number of likely N-dealkylation sites (tertiary alicyclic amines) is 1. The first-order chi connectivity index (χ1) is 13.0. The molecule has 1 fully saturated rings. The second-order valence-corrected chi connectivity index (χ2v) is 7.45. The van der Waals surface area contributed by atoms with Crippen molar-refractivity contribution in [1.29, 1.82) is 0 Å². The molecule has 1 aromatic carbocycles. The first-order valence-corrected chi connectivity index (χ1v) is 9.72. The van der Waals surface area contributed by atoms with Crippen molar-refractivity contribution in [3.63, 3.8) is 0 Å². The molecular formula is C21H27N3O3. The monoisotopic (exact) mass is 369 g/mol. The molecular weight excluding hydrogens is 342 g/mol. The average molecular weight is 369 g/mol. The largest absolute Gasteiger partial charge is 0.490 e. The Morgan fingerprint density at radius 3 is 2.70 bits per heavy atom. The van der Waals surface area contributed by atoms with E-state index in [4.69, 9.17) is 9.47 Å². The summed E-state index contributed by atoms with van der Waals surface area (Å²) in [6.07, 6.45) is 3.31. The number of fused-ring (bicyclic) bond motifs is 1. The van der Waals surface area contributed by atoms with Gasteiger partial charge in [-0.1, -0.05) is 6.07 Å². The van der Waals surface area contributed by atoms with Crippen LogP contribution in [-0.2, 0) is 18.3 Å². The van der Waals surface area contributed by atoms with E-state index in [0.717, 1.165) is 59.8 Å². The summed E-state index contributed by atoms with van der Waals surface area (Å²) in [6.45, 7) is 6.15. The van der Waals surface area contributed by atoms with Crippen LogP contribution in [0.25, 0.3) is 0 Å². The zero-order chi connectivity index (χ0) is 19.0. The van der Waals surface area contributed by atoms with E-state index in [-0.39, 0.29) is 11.9 Å². The molecule has 0 saturated carbocycles. The van der Waals surface area contributed by atoms with Crippen molar-refractivity contribution in [1.82, 2.24) is 14.7 Å². The van der Waals surface area contributed by atoms with Gasteiger partial charge in [-0.25, -0.2) is 0 Å². The maximum absolute atomic E-state index is 13.1. The number of benzene rings is 1. The lowest BCUT2D eigenvalue weighted by molar-refractivity contribution is -0.131. The minimum Gasteiger partial charge on any atom is -0.490 e. The molecule has 2 aromatic rings. The zero-order valence-electron chi connectivity index (χ0n) is 16.3. The smallest absolute Gasteiger partial charge is 0.227 e. The van der Waals surface area contributed by atoms with E-state index < -0.39 is 0 Å². The van der Waals surface area contributed by atoms with Gasteiger partial charge < -0.3 is 14.4 Å². The van der Waals surface area contributed by atoms with Gasteiger partial charge >= 0.3 is 0 Å². The Kier molecular flexibility index (Phi) is 4.81. The predicted octanol–water partition coefficient (Wildman–Crippen LogP) is 3.10. The van der Waals surface area contributed by atoms with Crippen molar-refractivity contribution >= 4 is 5.91 Å². The fraction of sp³-hybridized carbons (Fsp3) is 0.524. The van der Waals surface area contributed by atoms with Gasteiger partial charge in [-0.05, 0) is 44.4 Å². The predicted molar refractivity (Wildman–Crippen MR) is 102 cm³/mol. The van der Waals surface area contributed by atoms with Crippen LogP contribution in [0.15, 0.2) is 18.2 Å². The first-order valence-electron chi connectivity index (χ1n) is 9.72. The van der Waals surface area contributed by atoms with Crippen molar-refractivity contribution in [3.8, 4) is 11.5 Å². The third-order valence-electron chi connectivity index (χ3n) is 5.72. The summed E-state index contributed by atoms with van der Waals surface area (Å²) in [6, 6.07) is 6.21. The molecule has 27 heavy (non-hydrogen) atoms. The lowest BCUT2D eigenvalue weighted by Crippen LogP contribution is -2.32. The number of amides is 1. The Labute approximate surface area is 160 Å². The molecule has 1 saturated heterocycles. The summed E-state index contributed by atoms with van der Waals surface area (Å²) in [4.78, 5) is 15.1. The average Bonchev–Trinajstić information content (AvgIpc) is 3.14. The molecule has 1 unspecified atom stereocenters. The molecule has 6 heteroatoms. The molecule has 6 nitrogen and oxygen atoms in total. The minimum atomic E-state index is 0.104. The first kappa shape index (κ1) is 17.9. The van der Waals surface area contributed by atoms with Crippen molar-refractivity contribution < 1.29 is 14.3 Å². The van der Waals surface area contributed by atoms with Crippen molar-refractivity contribution in [3.05, 3.63) is 40.7 Å². The summed E-state index contributed by atoms with van der Waals surface area (Å²) in [5.74, 6) is 1.76. The molecule has 0 aliphatic carbocycles. The maximum Gasteiger partial charge on any atom is 0.227 e. The molecule has 0 N–H and O–H groups in total. The number of aryl methyl sites for hydroxylation is 2. The third kappa shape index (κ3) is 3.40. The van der Waals surface area contributed by atoms with Gasteiger partial charge in [0.15, 0.2) is 11.5 Å². The van der Waals surface area contributed by atoms with Gasteiger partial charge in [0.1, 0.15) is 0 Å². The summed E-state index contributed by atoms with van der Waals surface area (Å²) in [5.41, 5.74) is 4.18. The molecule has 1 amide bonds. The number of aromatic nitrogens is 2. The second kappa shape index (κ2) is 7.25. The number of carbonyl (C=O) groups is 1. The summed E-state index contributed by atoms with van der Waals surface area (Å²) in [7, 11) is 1.92. The SMILES string of the molecule is Cc1nn(C)c(C)c1CC(=O)N1CCCC1c1ccc2c(c1)OCCCO2. The van der Waals surface area contributed by atoms with Crippen LogP contribution in [0.5, 0.6) is 11.5 Å². The van der Waals surface area contributed by atoms with E-state index in [2.05, 4.69) is 17.2 Å². The number of nitrogens with zero attached hydrogens (tertiary/aromatic N) is 3. The van der Waals surface area contributed by atoms with Gasteiger partial charge in [0.05, 0.1) is 31.4 Å². The van der Waals surface area contributed by atoms with Crippen LogP contribution >= 0.6 is 0 Å². The molecule has 0 bridgehead atoms. The molecule has 2 aliphatic rings. The maximum atomic E-state index is 13.1. The molecule has 144 valence electrons. The Morgan fingerprint density at radius 1 is 1.19 bits per heavy atom. The van der Waals surface area contributed by atoms with E-state index in [1.165, 1.54) is 0 Å². The highest BCUT2D eigenvalue weighted by molar-refractivity contribution is 5.80. The van der Waals surface area contributed by atoms with E-state index in [0.29, 0.717) is 19.6 Å². The Bertz CT molecular complexity index is 859. The molecule has 3 heterocycles. The zero-order valence-corrected chi connectivity index (χ0v) is 16.3. The number of ether oxygens (including phenoxy) is 2. The van der Waals surface area contributed by atoms with E-state index >= 15 is 0 Å². The van der Waals surface area contributed by atoms with Gasteiger partial charge in [0.25, 0.3) is 0 Å². The highest BCUT2D eigenvalue weighted by Gasteiger charge is 2.31. The number of rotatable bonds is 3. The summed E-state index contributed by atoms with van der Waals surface area (Å²) >= 11 is 0. The van der Waals surface area contributed by atoms with Gasteiger partial charge in [0.2, 0.25) is 5.91 Å². The Hall–Kier alpha value is -2.50. The highest BCUT2D eigenvalue weighted by atomic mass is 16.5. The molecule has 4 rings (SSSR count). The Morgan fingerprint density at radius 2 is 1.96 bits per heavy atom. The number of carbonyl (C=O) groups excluding carboxylic acids is 1. The summed E-state index contributed by atoms with van der Waals surface area (Å²) in [5, 5.41) is 4.44. The topological polar surface area (TPSA) is 56.6 Å². The highest BCUT2D eigenvalue weighted by Crippen LogP contribution is 2.38. The quantitative estimate of drug-likeness (QED) is 0.834. The molecule has 2 aliphatic heterocycles. The van der Waals surface area contributed by atoms with Gasteiger partial charge in [-0.15, -0.1) is 0 Å². The van der Waals surface area contributed by atoms with Crippen LogP contribution in [0.4, 0.5) is 0 Å². The van der Waals surface area contributed by atoms with Gasteiger partial charge in [0, 0.05) is 31.3 Å². The second-order valence-electron chi connectivity index (χ2n) is 7.45. The molecule has 0 radical (unpaired) electrons. The lowest BCUT2D eigenvalue weighted by atomic mass is 10.0. The Balaban J connectivity index is 1.55. The third-order valence-corrected chi connectivity index (χ3v) is 5.72. The van der Waals surface area contributed by atoms with Gasteiger partial charge in [-0.2, -0.15) is 5.10 Å². The van der Waals surface area contributed by atoms with Crippen LogP contribution in [0.2, 0.25) is 0 Å². The lowest BCUT2D eigenvalue weighted by Gasteiger charge is -2.26. The van der Waals surface area contributed by atoms with Crippen LogP contribution in [0, 0.1) is 13.8 Å². The van der Waals surface area contributed by atoms with E-state index in [1.54, 1.807) is 0 Å². The minimum absolute atomic E-state index is 0.104. The molecule has 1 aromatic heterocycles. The summed E-state index contributed by atoms with van der Waals surface area (Å²) < 4.78 is 13.4. The van der Waals surface area contributed by atoms with E-state index in [9.17, 15) is 4.79 Å². The molecule has 0 spiro atoms. The standard InChI is InChI=1S/C21H27N3O3/c1-14-17(15(2)23(3)22-14)13-21(25)24-9-4-6-18(24)16-7-8-19-20(12-16)27-11-5-10-26-19/h7-8,12,18H,4-6,9-11,13H2,1-3H3. The van der Waals surface area contributed by atoms with Crippen molar-refractivity contribution in [2.45, 2.75) is 45.6 Å². The molecule has 1 atom stereocenters. The van der Waals surface area contributed by atoms with E-state index in [1.807, 2.05) is 36.5 Å². The van der Waals surface area contributed by atoms with Gasteiger partial charge in [-0.3, -0.25) is 9.48 Å². The number of hydrogen-bond donors (Lipinski definition) is 0. The van der Waals surface area contributed by atoms with Crippen molar-refractivity contribution in [2.75, 3.05) is 19.8 Å². The normalized spacial score (nSPS) is 19.2. The fourth-order valence-electron chi connectivity index (χ4n) is 4.13. The fourth-order valence-corrected chi connectivity index (χ4v) is 4.13. The van der Waals surface area contributed by atoms with Crippen LogP contribution in [0.3, 0.4) is 0 Å². The van der Waals surface area contributed by atoms with Crippen LogP contribution < -0.4 is 9.47 Å². The number of hydrogen-bond acceptors (Lipinski definition) is 4. The van der Waals surface area contributed by atoms with Crippen LogP contribution in [-0.4, -0.2) is 40.3 Å². The van der Waals surface area contributed by atoms with Crippen LogP contribution in [0.1, 0.15) is 47.8 Å². The van der Waals surface area contributed by atoms with Crippen molar-refractivity contribution in [2.24, 2.45) is 7.05 Å².